The summed E-state index contributed by atoms with van der Waals surface area (Å²) in [6.07, 6.45) is 0.733. The fraction of sp³-hybridized carbons (Fsp3) is 0.500. The Kier molecular flexibility index (Phi) is 2.53. The standard InChI is InChI=1S/C14H18O2/c1-14(2,3)10-6-4-9(5-7-10)11-8-12(11)13(15)16/h4-7,11-12H,8H2,1-3H3,(H,15,16)/p-1/t11-,12-/m0/s1. The van der Waals surface area contributed by atoms with Gasteiger partial charge in [0.1, 0.15) is 0 Å². The Morgan fingerprint density at radius 1 is 1.25 bits per heavy atom. The summed E-state index contributed by atoms with van der Waals surface area (Å²) < 4.78 is 0. The first-order valence-corrected chi connectivity index (χ1v) is 5.71. The molecule has 0 amide bonds. The summed E-state index contributed by atoms with van der Waals surface area (Å²) in [4.78, 5) is 10.7. The lowest BCUT2D eigenvalue weighted by Crippen LogP contribution is -2.24. The van der Waals surface area contributed by atoms with Gasteiger partial charge in [-0.25, -0.2) is 0 Å². The molecular formula is C14H17O2-. The third-order valence-electron chi connectivity index (χ3n) is 3.30. The van der Waals surface area contributed by atoms with Crippen molar-refractivity contribution < 1.29 is 9.90 Å². The fourth-order valence-electron chi connectivity index (χ4n) is 2.05. The van der Waals surface area contributed by atoms with E-state index < -0.39 is 5.97 Å². The minimum Gasteiger partial charge on any atom is -0.550 e. The van der Waals surface area contributed by atoms with Crippen LogP contribution in [0.5, 0.6) is 0 Å². The van der Waals surface area contributed by atoms with Crippen LogP contribution in [-0.2, 0) is 10.2 Å². The number of aliphatic carboxylic acids is 1. The molecule has 1 aromatic rings. The normalized spacial score (nSPS) is 24.2. The van der Waals surface area contributed by atoms with E-state index in [4.69, 9.17) is 0 Å². The second-order valence-electron chi connectivity index (χ2n) is 5.64. The van der Waals surface area contributed by atoms with Crippen LogP contribution in [0, 0.1) is 5.92 Å². The van der Waals surface area contributed by atoms with Gasteiger partial charge in [0, 0.05) is 11.9 Å². The highest BCUT2D eigenvalue weighted by Crippen LogP contribution is 2.47. The van der Waals surface area contributed by atoms with Crippen molar-refractivity contribution in [2.45, 2.75) is 38.5 Å². The molecule has 2 atom stereocenters. The highest BCUT2D eigenvalue weighted by molar-refractivity contribution is 5.73. The predicted octanol–water partition coefficient (Wildman–Crippen LogP) is 1.84. The quantitative estimate of drug-likeness (QED) is 0.758. The number of hydrogen-bond acceptors (Lipinski definition) is 2. The molecule has 0 saturated heterocycles. The summed E-state index contributed by atoms with van der Waals surface area (Å²) in [6.45, 7) is 6.51. The van der Waals surface area contributed by atoms with Gasteiger partial charge >= 0.3 is 0 Å². The summed E-state index contributed by atoms with van der Waals surface area (Å²) in [5, 5.41) is 10.7. The summed E-state index contributed by atoms with van der Waals surface area (Å²) >= 11 is 0. The van der Waals surface area contributed by atoms with Gasteiger partial charge in [0.05, 0.1) is 0 Å². The lowest BCUT2D eigenvalue weighted by Gasteiger charge is -2.19. The fourth-order valence-corrected chi connectivity index (χ4v) is 2.05. The van der Waals surface area contributed by atoms with Crippen molar-refractivity contribution in [2.75, 3.05) is 0 Å². The van der Waals surface area contributed by atoms with Crippen LogP contribution < -0.4 is 5.11 Å². The van der Waals surface area contributed by atoms with Gasteiger partial charge in [0.15, 0.2) is 0 Å². The van der Waals surface area contributed by atoms with Crippen LogP contribution in [0.1, 0.15) is 44.2 Å². The van der Waals surface area contributed by atoms with E-state index in [1.165, 1.54) is 5.56 Å². The van der Waals surface area contributed by atoms with Gasteiger partial charge in [-0.3, -0.25) is 0 Å². The van der Waals surface area contributed by atoms with Crippen molar-refractivity contribution in [2.24, 2.45) is 5.92 Å². The number of carboxylic acid groups (broad SMARTS) is 1. The Morgan fingerprint density at radius 3 is 2.19 bits per heavy atom. The number of carboxylic acids is 1. The average Bonchev–Trinajstić information content (AvgIpc) is 2.96. The molecule has 1 aliphatic rings. The van der Waals surface area contributed by atoms with E-state index in [2.05, 4.69) is 32.9 Å². The molecule has 0 radical (unpaired) electrons. The third-order valence-corrected chi connectivity index (χ3v) is 3.30. The molecule has 0 bridgehead atoms. The lowest BCUT2D eigenvalue weighted by molar-refractivity contribution is -0.308. The largest absolute Gasteiger partial charge is 0.550 e. The van der Waals surface area contributed by atoms with Crippen LogP contribution >= 0.6 is 0 Å². The number of benzene rings is 1. The molecule has 2 heteroatoms. The molecule has 86 valence electrons. The van der Waals surface area contributed by atoms with E-state index in [1.807, 2.05) is 12.1 Å². The van der Waals surface area contributed by atoms with Gasteiger partial charge in [-0.1, -0.05) is 45.0 Å². The molecule has 1 fully saturated rings. The topological polar surface area (TPSA) is 40.1 Å². The Labute approximate surface area is 96.3 Å². The Morgan fingerprint density at radius 2 is 1.81 bits per heavy atom. The SMILES string of the molecule is CC(C)(C)c1ccc([C@@H]2C[C@@H]2C(=O)[O-])cc1. The first-order valence-electron chi connectivity index (χ1n) is 5.71. The maximum absolute atomic E-state index is 10.7. The smallest absolute Gasteiger partial charge is 0.0451 e. The summed E-state index contributed by atoms with van der Waals surface area (Å²) in [6, 6.07) is 8.29. The number of rotatable bonds is 2. The highest BCUT2D eigenvalue weighted by Gasteiger charge is 2.39. The molecule has 1 saturated carbocycles. The average molecular weight is 217 g/mol. The zero-order valence-corrected chi connectivity index (χ0v) is 9.99. The number of carbonyl (C=O) groups is 1. The molecular weight excluding hydrogens is 200 g/mol. The summed E-state index contributed by atoms with van der Waals surface area (Å²) in [5.74, 6) is -0.996. The van der Waals surface area contributed by atoms with Crippen LogP contribution in [0.3, 0.4) is 0 Å². The van der Waals surface area contributed by atoms with Crippen molar-refractivity contribution in [1.82, 2.24) is 0 Å². The molecule has 0 N–H and O–H groups in total. The van der Waals surface area contributed by atoms with Crippen LogP contribution in [0.15, 0.2) is 24.3 Å². The van der Waals surface area contributed by atoms with Crippen LogP contribution in [0.4, 0.5) is 0 Å². The molecule has 2 rings (SSSR count). The van der Waals surface area contributed by atoms with Crippen molar-refractivity contribution in [3.8, 4) is 0 Å². The molecule has 0 unspecified atom stereocenters. The minimum atomic E-state index is -0.912. The van der Waals surface area contributed by atoms with E-state index >= 15 is 0 Å². The van der Waals surface area contributed by atoms with Crippen LogP contribution in [-0.4, -0.2) is 5.97 Å². The van der Waals surface area contributed by atoms with E-state index in [0.29, 0.717) is 0 Å². The maximum atomic E-state index is 10.7. The minimum absolute atomic E-state index is 0.149. The summed E-state index contributed by atoms with van der Waals surface area (Å²) in [5.41, 5.74) is 2.56. The zero-order chi connectivity index (χ0) is 11.9. The molecule has 0 spiro atoms. The van der Waals surface area contributed by atoms with Crippen LogP contribution in [0.2, 0.25) is 0 Å². The second kappa shape index (κ2) is 3.62. The zero-order valence-electron chi connectivity index (χ0n) is 9.99. The van der Waals surface area contributed by atoms with Crippen molar-refractivity contribution in [3.63, 3.8) is 0 Å². The van der Waals surface area contributed by atoms with Gasteiger partial charge in [-0.05, 0) is 28.9 Å². The van der Waals surface area contributed by atoms with Gasteiger partial charge < -0.3 is 9.90 Å². The highest BCUT2D eigenvalue weighted by atomic mass is 16.4. The Balaban J connectivity index is 2.13. The van der Waals surface area contributed by atoms with E-state index in [9.17, 15) is 9.90 Å². The maximum Gasteiger partial charge on any atom is 0.0451 e. The third kappa shape index (κ3) is 2.11. The van der Waals surface area contributed by atoms with E-state index in [1.54, 1.807) is 0 Å². The van der Waals surface area contributed by atoms with Crippen LogP contribution in [0.25, 0.3) is 0 Å². The second-order valence-corrected chi connectivity index (χ2v) is 5.64. The molecule has 0 aliphatic heterocycles. The van der Waals surface area contributed by atoms with Gasteiger partial charge in [0.2, 0.25) is 0 Å². The first-order chi connectivity index (χ1) is 7.39. The summed E-state index contributed by atoms with van der Waals surface area (Å²) in [7, 11) is 0. The van der Waals surface area contributed by atoms with E-state index in [0.717, 1.165) is 12.0 Å². The van der Waals surface area contributed by atoms with Crippen molar-refractivity contribution in [3.05, 3.63) is 35.4 Å². The number of hydrogen-bond donors (Lipinski definition) is 0. The van der Waals surface area contributed by atoms with Gasteiger partial charge in [-0.15, -0.1) is 0 Å². The molecule has 16 heavy (non-hydrogen) atoms. The number of carbonyl (C=O) groups excluding carboxylic acids is 1. The monoisotopic (exact) mass is 217 g/mol. The molecule has 0 heterocycles. The predicted molar refractivity (Wildman–Crippen MR) is 61.0 cm³/mol. The molecule has 1 aromatic carbocycles. The van der Waals surface area contributed by atoms with Gasteiger partial charge in [0.25, 0.3) is 0 Å². The lowest BCUT2D eigenvalue weighted by atomic mass is 9.86. The van der Waals surface area contributed by atoms with E-state index in [-0.39, 0.29) is 17.3 Å². The first kappa shape index (κ1) is 11.2. The van der Waals surface area contributed by atoms with Crippen molar-refractivity contribution >= 4 is 5.97 Å². The Bertz CT molecular complexity index is 398. The Hall–Kier alpha value is -1.31. The molecule has 0 aromatic heterocycles. The molecule has 2 nitrogen and oxygen atoms in total. The molecule has 1 aliphatic carbocycles. The van der Waals surface area contributed by atoms with Crippen molar-refractivity contribution in [1.29, 1.82) is 0 Å². The van der Waals surface area contributed by atoms with Gasteiger partial charge in [-0.2, -0.15) is 0 Å².